The topological polar surface area (TPSA) is 66.7 Å². The number of hydrogen-bond acceptors (Lipinski definition) is 4. The van der Waals surface area contributed by atoms with E-state index in [-0.39, 0.29) is 17.5 Å². The minimum absolute atomic E-state index is 0.0650. The quantitative estimate of drug-likeness (QED) is 0.476. The third kappa shape index (κ3) is 2.89. The van der Waals surface area contributed by atoms with Gasteiger partial charge in [0.15, 0.2) is 0 Å². The lowest BCUT2D eigenvalue weighted by molar-refractivity contribution is -0.384. The van der Waals surface area contributed by atoms with Crippen molar-refractivity contribution < 1.29 is 9.72 Å². The van der Waals surface area contributed by atoms with Gasteiger partial charge in [-0.1, -0.05) is 0 Å². The number of non-ortho nitro benzene ring substituents is 1. The van der Waals surface area contributed by atoms with Crippen LogP contribution in [-0.2, 0) is 4.79 Å². The van der Waals surface area contributed by atoms with Gasteiger partial charge in [-0.3, -0.25) is 14.9 Å². The number of halogens is 1. The lowest BCUT2D eigenvalue weighted by Gasteiger charge is -2.23. The molecule has 0 radical (unpaired) electrons. The van der Waals surface area contributed by atoms with E-state index in [1.807, 2.05) is 0 Å². The summed E-state index contributed by atoms with van der Waals surface area (Å²) in [5.41, 5.74) is 1.10. The number of benzene rings is 1. The van der Waals surface area contributed by atoms with Crippen LogP contribution < -0.4 is 9.80 Å². The summed E-state index contributed by atoms with van der Waals surface area (Å²) in [5.74, 6) is -0.494. The average molecular weight is 272 g/mol. The molecule has 1 amide bonds. The Morgan fingerprint density at radius 3 is 2.39 bits per heavy atom. The Labute approximate surface area is 110 Å². The number of rotatable bonds is 4. The van der Waals surface area contributed by atoms with Crippen molar-refractivity contribution in [3.8, 4) is 0 Å². The van der Waals surface area contributed by atoms with Crippen molar-refractivity contribution in [1.82, 2.24) is 0 Å². The highest BCUT2D eigenvalue weighted by Gasteiger charge is 2.18. The van der Waals surface area contributed by atoms with Crippen molar-refractivity contribution in [3.05, 3.63) is 28.3 Å². The molecule has 0 fully saturated rings. The molecule has 0 N–H and O–H groups in total. The zero-order valence-corrected chi connectivity index (χ0v) is 11.1. The minimum atomic E-state index is -0.498. The van der Waals surface area contributed by atoms with Crippen LogP contribution in [0.2, 0.25) is 0 Å². The predicted molar refractivity (Wildman–Crippen MR) is 71.6 cm³/mol. The maximum absolute atomic E-state index is 11.6. The molecule has 18 heavy (non-hydrogen) atoms. The molecule has 0 saturated heterocycles. The summed E-state index contributed by atoms with van der Waals surface area (Å²) >= 11 is 5.49. The Balaban J connectivity index is 3.31. The second-order valence-corrected chi connectivity index (χ2v) is 4.18. The van der Waals surface area contributed by atoms with E-state index in [1.165, 1.54) is 24.1 Å². The van der Waals surface area contributed by atoms with Gasteiger partial charge in [0.2, 0.25) is 5.91 Å². The number of carbonyl (C=O) groups excluding carboxylic acids is 1. The first-order valence-electron chi connectivity index (χ1n) is 5.16. The van der Waals surface area contributed by atoms with Crippen molar-refractivity contribution >= 4 is 34.6 Å². The van der Waals surface area contributed by atoms with E-state index in [0.717, 1.165) is 0 Å². The van der Waals surface area contributed by atoms with Gasteiger partial charge < -0.3 is 9.80 Å². The largest absolute Gasteiger partial charge is 0.376 e. The van der Waals surface area contributed by atoms with Crippen molar-refractivity contribution in [1.29, 1.82) is 0 Å². The van der Waals surface area contributed by atoms with Crippen LogP contribution in [0.3, 0.4) is 0 Å². The molecule has 0 aromatic heterocycles. The summed E-state index contributed by atoms with van der Waals surface area (Å²) < 4.78 is 0. The molecule has 0 spiro atoms. The van der Waals surface area contributed by atoms with Gasteiger partial charge >= 0.3 is 0 Å². The molecule has 0 unspecified atom stereocenters. The fraction of sp³-hybridized carbons (Fsp3) is 0.364. The summed E-state index contributed by atoms with van der Waals surface area (Å²) in [6, 6.07) is 4.36. The normalized spacial score (nSPS) is 10.0. The van der Waals surface area contributed by atoms with E-state index in [4.69, 9.17) is 11.6 Å². The summed E-state index contributed by atoms with van der Waals surface area (Å²) in [6.07, 6.45) is 0. The SMILES string of the molecule is CN(C)c1ccc([N+](=O)[O-])cc1N(C)C(=O)CCl. The maximum atomic E-state index is 11.6. The monoisotopic (exact) mass is 271 g/mol. The highest BCUT2D eigenvalue weighted by atomic mass is 35.5. The Bertz CT molecular complexity index is 477. The zero-order chi connectivity index (χ0) is 13.9. The Morgan fingerprint density at radius 1 is 1.33 bits per heavy atom. The number of nitro groups is 1. The van der Waals surface area contributed by atoms with Crippen LogP contribution in [0.15, 0.2) is 18.2 Å². The third-order valence-corrected chi connectivity index (χ3v) is 2.73. The summed E-state index contributed by atoms with van der Waals surface area (Å²) in [7, 11) is 5.13. The maximum Gasteiger partial charge on any atom is 0.271 e. The van der Waals surface area contributed by atoms with E-state index in [2.05, 4.69) is 0 Å². The number of carbonyl (C=O) groups is 1. The Morgan fingerprint density at radius 2 is 1.94 bits per heavy atom. The van der Waals surface area contributed by atoms with Crippen molar-refractivity contribution in [3.63, 3.8) is 0 Å². The van der Waals surface area contributed by atoms with Crippen LogP contribution in [-0.4, -0.2) is 37.9 Å². The number of alkyl halides is 1. The first-order chi connectivity index (χ1) is 8.38. The molecule has 0 aliphatic carbocycles. The fourth-order valence-electron chi connectivity index (χ4n) is 1.50. The molecule has 0 bridgehead atoms. The van der Waals surface area contributed by atoms with Gasteiger partial charge in [-0.15, -0.1) is 11.6 Å². The molecular weight excluding hydrogens is 258 g/mol. The summed E-state index contributed by atoms with van der Waals surface area (Å²) in [5, 5.41) is 10.8. The van der Waals surface area contributed by atoms with Gasteiger partial charge in [0.1, 0.15) is 5.88 Å². The molecule has 0 aliphatic rings. The number of amides is 1. The Kier molecular flexibility index (Phi) is 4.49. The average Bonchev–Trinajstić information content (AvgIpc) is 2.35. The molecule has 1 rings (SSSR count). The van der Waals surface area contributed by atoms with Crippen LogP contribution >= 0.6 is 11.6 Å². The number of hydrogen-bond donors (Lipinski definition) is 0. The first-order valence-corrected chi connectivity index (χ1v) is 5.70. The summed E-state index contributed by atoms with van der Waals surface area (Å²) in [4.78, 5) is 24.9. The van der Waals surface area contributed by atoms with Gasteiger partial charge in [0.25, 0.3) is 5.69 Å². The van der Waals surface area contributed by atoms with Gasteiger partial charge in [0.05, 0.1) is 16.3 Å². The van der Waals surface area contributed by atoms with Crippen LogP contribution in [0.25, 0.3) is 0 Å². The number of nitrogens with zero attached hydrogens (tertiary/aromatic N) is 3. The molecule has 7 heteroatoms. The fourth-order valence-corrected chi connectivity index (χ4v) is 1.68. The predicted octanol–water partition coefficient (Wildman–Crippen LogP) is 1.86. The molecule has 98 valence electrons. The highest BCUT2D eigenvalue weighted by molar-refractivity contribution is 6.29. The zero-order valence-electron chi connectivity index (χ0n) is 10.4. The van der Waals surface area contributed by atoms with E-state index in [1.54, 1.807) is 25.1 Å². The lowest BCUT2D eigenvalue weighted by Crippen LogP contribution is -2.29. The van der Waals surface area contributed by atoms with Crippen molar-refractivity contribution in [2.45, 2.75) is 0 Å². The van der Waals surface area contributed by atoms with E-state index in [0.29, 0.717) is 11.4 Å². The highest BCUT2D eigenvalue weighted by Crippen LogP contribution is 2.31. The molecule has 0 saturated carbocycles. The second-order valence-electron chi connectivity index (χ2n) is 3.91. The second kappa shape index (κ2) is 5.68. The van der Waals surface area contributed by atoms with Crippen molar-refractivity contribution in [2.75, 3.05) is 36.8 Å². The van der Waals surface area contributed by atoms with Crippen molar-refractivity contribution in [2.24, 2.45) is 0 Å². The van der Waals surface area contributed by atoms with Gasteiger partial charge in [-0.05, 0) is 6.07 Å². The third-order valence-electron chi connectivity index (χ3n) is 2.50. The lowest BCUT2D eigenvalue weighted by atomic mass is 10.2. The van der Waals surface area contributed by atoms with Gasteiger partial charge in [0, 0.05) is 33.3 Å². The molecule has 0 aliphatic heterocycles. The molecule has 6 nitrogen and oxygen atoms in total. The van der Waals surface area contributed by atoms with Crippen LogP contribution in [0.1, 0.15) is 0 Å². The molecule has 0 heterocycles. The smallest absolute Gasteiger partial charge is 0.271 e. The van der Waals surface area contributed by atoms with Crippen LogP contribution in [0.4, 0.5) is 17.1 Å². The molecular formula is C11H14ClN3O3. The van der Waals surface area contributed by atoms with E-state index >= 15 is 0 Å². The van der Waals surface area contributed by atoms with Gasteiger partial charge in [-0.2, -0.15) is 0 Å². The van der Waals surface area contributed by atoms with Gasteiger partial charge in [-0.25, -0.2) is 0 Å². The molecule has 1 aromatic carbocycles. The minimum Gasteiger partial charge on any atom is -0.376 e. The van der Waals surface area contributed by atoms with Crippen LogP contribution in [0.5, 0.6) is 0 Å². The van der Waals surface area contributed by atoms with E-state index in [9.17, 15) is 14.9 Å². The molecule has 0 atom stereocenters. The van der Waals surface area contributed by atoms with E-state index < -0.39 is 4.92 Å². The Hall–Kier alpha value is -1.82. The van der Waals surface area contributed by atoms with Crippen LogP contribution in [0, 0.1) is 10.1 Å². The molecule has 1 aromatic rings. The first kappa shape index (κ1) is 14.2. The number of nitro benzene ring substituents is 1. The standard InChI is InChI=1S/C11H14ClN3O3/c1-13(2)9-5-4-8(15(17)18)6-10(9)14(3)11(16)7-12/h4-6H,7H2,1-3H3. The summed E-state index contributed by atoms with van der Waals surface area (Å²) in [6.45, 7) is 0. The number of anilines is 2.